The van der Waals surface area contributed by atoms with E-state index in [4.69, 9.17) is 4.42 Å². The molecule has 108 valence electrons. The average Bonchev–Trinajstić information content (AvgIpc) is 2.87. The third-order valence-corrected chi connectivity index (χ3v) is 3.00. The Kier molecular flexibility index (Phi) is 4.49. The molecule has 0 atom stereocenters. The highest BCUT2D eigenvalue weighted by Gasteiger charge is 2.12. The number of carbonyl (C=O) groups is 1. The van der Waals surface area contributed by atoms with Crippen molar-refractivity contribution in [2.24, 2.45) is 4.99 Å². The maximum absolute atomic E-state index is 11.9. The third-order valence-electron chi connectivity index (χ3n) is 2.51. The molecule has 1 aromatic heterocycles. The number of furan rings is 1. The predicted molar refractivity (Wildman–Crippen MR) is 78.0 cm³/mol. The van der Waals surface area contributed by atoms with Gasteiger partial charge in [-0.15, -0.1) is 0 Å². The van der Waals surface area contributed by atoms with Gasteiger partial charge in [-0.25, -0.2) is 0 Å². The molecule has 21 heavy (non-hydrogen) atoms. The molecule has 1 heterocycles. The fraction of sp³-hybridized carbons (Fsp3) is 0.0769. The quantitative estimate of drug-likeness (QED) is 0.385. The summed E-state index contributed by atoms with van der Waals surface area (Å²) in [4.78, 5) is 25.5. The van der Waals surface area contributed by atoms with Gasteiger partial charge < -0.3 is 9.52 Å². The number of hydrogen-bond acceptors (Lipinski definition) is 6. The van der Waals surface area contributed by atoms with Crippen LogP contribution in [0.5, 0.6) is 5.75 Å². The van der Waals surface area contributed by atoms with Crippen LogP contribution in [-0.2, 0) is 0 Å². The molecule has 0 bridgehead atoms. The van der Waals surface area contributed by atoms with Crippen molar-refractivity contribution >= 4 is 33.8 Å². The van der Waals surface area contributed by atoms with E-state index in [1.807, 2.05) is 0 Å². The highest BCUT2D eigenvalue weighted by atomic mass is 79.9. The lowest BCUT2D eigenvalue weighted by Crippen LogP contribution is -2.03. The van der Waals surface area contributed by atoms with Gasteiger partial charge in [-0.2, -0.15) is 0 Å². The van der Waals surface area contributed by atoms with Crippen molar-refractivity contribution in [3.63, 3.8) is 0 Å². The molecular weight excluding hydrogens is 344 g/mol. The van der Waals surface area contributed by atoms with Crippen LogP contribution in [0.25, 0.3) is 0 Å². The van der Waals surface area contributed by atoms with Crippen molar-refractivity contribution in [3.05, 3.63) is 56.2 Å². The number of benzene rings is 1. The van der Waals surface area contributed by atoms with Crippen molar-refractivity contribution < 1.29 is 19.2 Å². The zero-order valence-corrected chi connectivity index (χ0v) is 12.1. The number of halogens is 1. The molecular formula is C13H9BrN2O5. The zero-order valence-electron chi connectivity index (χ0n) is 10.5. The van der Waals surface area contributed by atoms with Gasteiger partial charge in [0.05, 0.1) is 17.8 Å². The lowest BCUT2D eigenvalue weighted by Gasteiger charge is -2.01. The monoisotopic (exact) mass is 352 g/mol. The summed E-state index contributed by atoms with van der Waals surface area (Å²) in [7, 11) is 0. The molecule has 1 N–H and O–H groups in total. The first kappa shape index (κ1) is 14.9. The Morgan fingerprint density at radius 1 is 1.43 bits per heavy atom. The molecule has 2 aromatic rings. The van der Waals surface area contributed by atoms with E-state index in [-0.39, 0.29) is 29.4 Å². The summed E-state index contributed by atoms with van der Waals surface area (Å²) in [6.07, 6.45) is 1.22. The van der Waals surface area contributed by atoms with Gasteiger partial charge in [0, 0.05) is 4.47 Å². The first-order valence-electron chi connectivity index (χ1n) is 5.73. The number of rotatable bonds is 5. The number of aliphatic imine (C=N–C) groups is 1. The van der Waals surface area contributed by atoms with E-state index in [1.54, 1.807) is 6.07 Å². The lowest BCUT2D eigenvalue weighted by atomic mass is 10.1. The summed E-state index contributed by atoms with van der Waals surface area (Å²) in [5.74, 6) is -0.738. The zero-order chi connectivity index (χ0) is 15.4. The summed E-state index contributed by atoms with van der Waals surface area (Å²) >= 11 is 3.17. The predicted octanol–water partition coefficient (Wildman–Crippen LogP) is 2.96. The van der Waals surface area contributed by atoms with Crippen LogP contribution in [0.1, 0.15) is 16.1 Å². The second-order valence-corrected chi connectivity index (χ2v) is 4.90. The Morgan fingerprint density at radius 2 is 2.19 bits per heavy atom. The van der Waals surface area contributed by atoms with Gasteiger partial charge in [-0.1, -0.05) is 15.9 Å². The molecule has 0 unspecified atom stereocenters. The van der Waals surface area contributed by atoms with Gasteiger partial charge in [0.25, 0.3) is 0 Å². The van der Waals surface area contributed by atoms with Gasteiger partial charge in [0.1, 0.15) is 17.2 Å². The van der Waals surface area contributed by atoms with Crippen LogP contribution < -0.4 is 0 Å². The summed E-state index contributed by atoms with van der Waals surface area (Å²) in [6, 6.07) is 7.10. The van der Waals surface area contributed by atoms with E-state index in [2.05, 4.69) is 20.9 Å². The Labute approximate surface area is 127 Å². The standard InChI is InChI=1S/C13H9BrN2O5/c14-8-1-3-10(11(17)5-8)12(18)7-15-6-9-2-4-13(21-9)16(19)20/h1-6,17H,7H2. The molecule has 7 nitrogen and oxygen atoms in total. The first-order chi connectivity index (χ1) is 9.97. The number of nitro groups is 1. The third kappa shape index (κ3) is 3.76. The van der Waals surface area contributed by atoms with E-state index in [0.29, 0.717) is 4.47 Å². The van der Waals surface area contributed by atoms with E-state index in [1.165, 1.54) is 30.5 Å². The lowest BCUT2D eigenvalue weighted by molar-refractivity contribution is -0.402. The minimum atomic E-state index is -0.664. The van der Waals surface area contributed by atoms with Crippen molar-refractivity contribution in [1.29, 1.82) is 0 Å². The summed E-state index contributed by atoms with van der Waals surface area (Å²) in [5.41, 5.74) is 0.153. The molecule has 2 rings (SSSR count). The molecule has 1 aromatic carbocycles. The smallest absolute Gasteiger partial charge is 0.433 e. The molecule has 8 heteroatoms. The van der Waals surface area contributed by atoms with E-state index in [9.17, 15) is 20.0 Å². The highest BCUT2D eigenvalue weighted by molar-refractivity contribution is 9.10. The molecule has 0 spiro atoms. The Balaban J connectivity index is 2.03. The molecule has 0 aliphatic heterocycles. The number of phenols is 1. The van der Waals surface area contributed by atoms with Crippen LogP contribution >= 0.6 is 15.9 Å². The number of ketones is 1. The molecule has 0 aliphatic carbocycles. The molecule has 0 radical (unpaired) electrons. The minimum absolute atomic E-state index is 0.141. The van der Waals surface area contributed by atoms with Gasteiger partial charge in [-0.05, 0) is 24.3 Å². The van der Waals surface area contributed by atoms with Crippen LogP contribution in [0.15, 0.2) is 44.2 Å². The number of carbonyl (C=O) groups excluding carboxylic acids is 1. The van der Waals surface area contributed by atoms with E-state index < -0.39 is 10.8 Å². The average molecular weight is 353 g/mol. The Hall–Kier alpha value is -2.48. The van der Waals surface area contributed by atoms with Gasteiger partial charge >= 0.3 is 5.88 Å². The molecule has 0 saturated heterocycles. The number of hydrogen-bond donors (Lipinski definition) is 1. The van der Waals surface area contributed by atoms with E-state index in [0.717, 1.165) is 0 Å². The number of aromatic hydroxyl groups is 1. The normalized spacial score (nSPS) is 10.9. The Morgan fingerprint density at radius 3 is 2.81 bits per heavy atom. The van der Waals surface area contributed by atoms with Crippen LogP contribution in [0.2, 0.25) is 0 Å². The van der Waals surface area contributed by atoms with Gasteiger partial charge in [0.2, 0.25) is 0 Å². The molecule has 0 saturated carbocycles. The summed E-state index contributed by atoms with van der Waals surface area (Å²) in [6.45, 7) is -0.205. The highest BCUT2D eigenvalue weighted by Crippen LogP contribution is 2.22. The summed E-state index contributed by atoms with van der Waals surface area (Å²) < 4.78 is 5.51. The maximum atomic E-state index is 11.9. The van der Waals surface area contributed by atoms with Crippen LogP contribution in [0, 0.1) is 10.1 Å². The molecule has 0 amide bonds. The van der Waals surface area contributed by atoms with Gasteiger partial charge in [-0.3, -0.25) is 19.9 Å². The fourth-order valence-corrected chi connectivity index (χ4v) is 1.90. The minimum Gasteiger partial charge on any atom is -0.507 e. The summed E-state index contributed by atoms with van der Waals surface area (Å²) in [5, 5.41) is 20.1. The van der Waals surface area contributed by atoms with Gasteiger partial charge in [0.15, 0.2) is 11.5 Å². The van der Waals surface area contributed by atoms with Crippen LogP contribution in [0.3, 0.4) is 0 Å². The number of Topliss-reactive ketones (excluding diaryl/α,β-unsaturated/α-hetero) is 1. The van der Waals surface area contributed by atoms with Crippen molar-refractivity contribution in [2.45, 2.75) is 0 Å². The van der Waals surface area contributed by atoms with Crippen LogP contribution in [0.4, 0.5) is 5.88 Å². The van der Waals surface area contributed by atoms with Crippen molar-refractivity contribution in [2.75, 3.05) is 6.54 Å². The fourth-order valence-electron chi connectivity index (χ4n) is 1.55. The second kappa shape index (κ2) is 6.31. The number of nitrogens with zero attached hydrogens (tertiary/aromatic N) is 2. The maximum Gasteiger partial charge on any atom is 0.433 e. The van der Waals surface area contributed by atoms with Crippen molar-refractivity contribution in [3.8, 4) is 5.75 Å². The molecule has 0 fully saturated rings. The topological polar surface area (TPSA) is 106 Å². The van der Waals surface area contributed by atoms with Crippen LogP contribution in [-0.4, -0.2) is 28.6 Å². The van der Waals surface area contributed by atoms with Crippen molar-refractivity contribution in [1.82, 2.24) is 0 Å². The second-order valence-electron chi connectivity index (χ2n) is 3.99. The van der Waals surface area contributed by atoms with E-state index >= 15 is 0 Å². The molecule has 0 aliphatic rings. The Bertz CT molecular complexity index is 723. The largest absolute Gasteiger partial charge is 0.507 e. The number of phenolic OH excluding ortho intramolecular Hbond substituents is 1. The SMILES string of the molecule is O=C(CN=Cc1ccc([N+](=O)[O-])o1)c1ccc(Br)cc1O. The first-order valence-corrected chi connectivity index (χ1v) is 6.52.